The molecule has 0 aliphatic heterocycles. The molecule has 1 aromatic rings. The average molecular weight is 285 g/mol. The predicted molar refractivity (Wildman–Crippen MR) is 73.2 cm³/mol. The lowest BCUT2D eigenvalue weighted by molar-refractivity contribution is -0.139. The van der Waals surface area contributed by atoms with Gasteiger partial charge in [-0.15, -0.1) is 0 Å². The summed E-state index contributed by atoms with van der Waals surface area (Å²) in [5, 5.41) is 12.0. The highest BCUT2D eigenvalue weighted by Crippen LogP contribution is 2.11. The number of carbonyl (C=O) groups is 2. The molecule has 0 heterocycles. The largest absolute Gasteiger partial charge is 0.480 e. The van der Waals surface area contributed by atoms with E-state index in [-0.39, 0.29) is 0 Å². The van der Waals surface area contributed by atoms with Crippen molar-refractivity contribution in [3.63, 3.8) is 0 Å². The Morgan fingerprint density at radius 2 is 1.95 bits per heavy atom. The Hall–Kier alpha value is -1.75. The number of halogens is 1. The molecule has 104 valence electrons. The van der Waals surface area contributed by atoms with E-state index in [2.05, 4.69) is 5.32 Å². The number of carbonyl (C=O) groups excluding carboxylic acids is 1. The zero-order valence-corrected chi connectivity index (χ0v) is 11.6. The van der Waals surface area contributed by atoms with Crippen LogP contribution in [0.25, 0.3) is 0 Å². The quantitative estimate of drug-likeness (QED) is 0.872. The Morgan fingerprint density at radius 1 is 1.37 bits per heavy atom. The van der Waals surface area contributed by atoms with E-state index in [4.69, 9.17) is 16.7 Å². The monoisotopic (exact) mass is 284 g/mol. The molecule has 5 nitrogen and oxygen atoms in total. The van der Waals surface area contributed by atoms with Crippen LogP contribution in [0.2, 0.25) is 5.02 Å². The smallest absolute Gasteiger partial charge is 0.326 e. The van der Waals surface area contributed by atoms with Crippen molar-refractivity contribution in [2.75, 3.05) is 7.05 Å². The van der Waals surface area contributed by atoms with Crippen LogP contribution in [-0.2, 0) is 11.3 Å². The SMILES string of the molecule is CCC(NC(=O)N(C)Cc1ccc(Cl)cc1)C(=O)O. The number of hydrogen-bond donors (Lipinski definition) is 2. The van der Waals surface area contributed by atoms with Gasteiger partial charge in [-0.3, -0.25) is 0 Å². The van der Waals surface area contributed by atoms with Gasteiger partial charge < -0.3 is 15.3 Å². The molecule has 0 aliphatic carbocycles. The summed E-state index contributed by atoms with van der Waals surface area (Å²) in [4.78, 5) is 24.1. The second kappa shape index (κ2) is 6.99. The topological polar surface area (TPSA) is 69.6 Å². The number of carboxylic acids is 1. The first-order valence-corrected chi connectivity index (χ1v) is 6.30. The Bertz CT molecular complexity index is 448. The fraction of sp³-hybridized carbons (Fsp3) is 0.385. The van der Waals surface area contributed by atoms with Crippen molar-refractivity contribution in [3.8, 4) is 0 Å². The molecule has 1 aromatic carbocycles. The van der Waals surface area contributed by atoms with Crippen molar-refractivity contribution in [1.82, 2.24) is 10.2 Å². The highest BCUT2D eigenvalue weighted by Gasteiger charge is 2.19. The van der Waals surface area contributed by atoms with Crippen LogP contribution in [0.15, 0.2) is 24.3 Å². The van der Waals surface area contributed by atoms with E-state index in [0.29, 0.717) is 18.0 Å². The summed E-state index contributed by atoms with van der Waals surface area (Å²) < 4.78 is 0. The van der Waals surface area contributed by atoms with Crippen molar-refractivity contribution in [2.24, 2.45) is 0 Å². The summed E-state index contributed by atoms with van der Waals surface area (Å²) in [6.45, 7) is 2.09. The molecule has 0 saturated heterocycles. The summed E-state index contributed by atoms with van der Waals surface area (Å²) in [5.41, 5.74) is 0.922. The number of benzene rings is 1. The number of urea groups is 1. The fourth-order valence-electron chi connectivity index (χ4n) is 1.53. The molecule has 2 amide bonds. The number of aliphatic carboxylic acids is 1. The predicted octanol–water partition coefficient (Wildman–Crippen LogP) is 2.34. The maximum Gasteiger partial charge on any atom is 0.326 e. The fourth-order valence-corrected chi connectivity index (χ4v) is 1.66. The molecule has 6 heteroatoms. The van der Waals surface area contributed by atoms with Crippen LogP contribution in [0.1, 0.15) is 18.9 Å². The van der Waals surface area contributed by atoms with Crippen LogP contribution in [0.5, 0.6) is 0 Å². The minimum Gasteiger partial charge on any atom is -0.480 e. The van der Waals surface area contributed by atoms with E-state index in [1.807, 2.05) is 12.1 Å². The van der Waals surface area contributed by atoms with Crippen LogP contribution < -0.4 is 5.32 Å². The Morgan fingerprint density at radius 3 is 2.42 bits per heavy atom. The first kappa shape index (κ1) is 15.3. The van der Waals surface area contributed by atoms with Crippen molar-refractivity contribution < 1.29 is 14.7 Å². The van der Waals surface area contributed by atoms with E-state index >= 15 is 0 Å². The number of nitrogens with one attached hydrogen (secondary N) is 1. The lowest BCUT2D eigenvalue weighted by Gasteiger charge is -2.20. The van der Waals surface area contributed by atoms with Crippen molar-refractivity contribution in [1.29, 1.82) is 0 Å². The number of amides is 2. The Labute approximate surface area is 117 Å². The van der Waals surface area contributed by atoms with Gasteiger partial charge in [0.1, 0.15) is 6.04 Å². The minimum absolute atomic E-state index is 0.343. The lowest BCUT2D eigenvalue weighted by Crippen LogP contribution is -2.46. The zero-order chi connectivity index (χ0) is 14.4. The normalized spacial score (nSPS) is 11.7. The maximum absolute atomic E-state index is 11.8. The van der Waals surface area contributed by atoms with Gasteiger partial charge >= 0.3 is 12.0 Å². The highest BCUT2D eigenvalue weighted by atomic mass is 35.5. The van der Waals surface area contributed by atoms with Gasteiger partial charge in [-0.1, -0.05) is 30.7 Å². The molecule has 0 aliphatic rings. The molecule has 0 saturated carbocycles. The lowest BCUT2D eigenvalue weighted by atomic mass is 10.2. The standard InChI is InChI=1S/C13H17ClN2O3/c1-3-11(12(17)18)15-13(19)16(2)8-9-4-6-10(14)7-5-9/h4-7,11H,3,8H2,1-2H3,(H,15,19)(H,17,18). The first-order chi connectivity index (χ1) is 8.93. The number of nitrogens with zero attached hydrogens (tertiary/aromatic N) is 1. The number of carboxylic acid groups (broad SMARTS) is 1. The van der Waals surface area contributed by atoms with Gasteiger partial charge in [0.2, 0.25) is 0 Å². The Kier molecular flexibility index (Phi) is 5.63. The zero-order valence-electron chi connectivity index (χ0n) is 10.9. The molecule has 0 spiro atoms. The summed E-state index contributed by atoms with van der Waals surface area (Å²) >= 11 is 5.78. The summed E-state index contributed by atoms with van der Waals surface area (Å²) in [6, 6.07) is 5.86. The molecule has 2 N–H and O–H groups in total. The van der Waals surface area contributed by atoms with Gasteiger partial charge in [0.05, 0.1) is 0 Å². The van der Waals surface area contributed by atoms with E-state index < -0.39 is 18.0 Å². The third-order valence-corrected chi connectivity index (χ3v) is 2.94. The summed E-state index contributed by atoms with van der Waals surface area (Å²) in [5.74, 6) is -1.03. The second-order valence-corrected chi connectivity index (χ2v) is 4.67. The first-order valence-electron chi connectivity index (χ1n) is 5.93. The molecular formula is C13H17ClN2O3. The molecular weight excluding hydrogens is 268 g/mol. The van der Waals surface area contributed by atoms with Crippen LogP contribution in [-0.4, -0.2) is 35.1 Å². The second-order valence-electron chi connectivity index (χ2n) is 4.23. The Balaban J connectivity index is 2.57. The van der Waals surface area contributed by atoms with Crippen molar-refractivity contribution >= 4 is 23.6 Å². The van der Waals surface area contributed by atoms with Gasteiger partial charge in [0.15, 0.2) is 0 Å². The number of rotatable bonds is 5. The van der Waals surface area contributed by atoms with Crippen LogP contribution in [0, 0.1) is 0 Å². The summed E-state index contributed by atoms with van der Waals surface area (Å²) in [6.07, 6.45) is 0.343. The van der Waals surface area contributed by atoms with E-state index in [1.54, 1.807) is 26.1 Å². The van der Waals surface area contributed by atoms with Crippen molar-refractivity contribution in [3.05, 3.63) is 34.9 Å². The summed E-state index contributed by atoms with van der Waals surface area (Å²) in [7, 11) is 1.61. The van der Waals surface area contributed by atoms with Gasteiger partial charge in [-0.25, -0.2) is 9.59 Å². The van der Waals surface area contributed by atoms with E-state index in [1.165, 1.54) is 4.90 Å². The molecule has 19 heavy (non-hydrogen) atoms. The van der Waals surface area contributed by atoms with Crippen LogP contribution >= 0.6 is 11.6 Å². The molecule has 1 unspecified atom stereocenters. The average Bonchev–Trinajstić information content (AvgIpc) is 2.37. The molecule has 0 aromatic heterocycles. The van der Waals surface area contributed by atoms with Gasteiger partial charge in [-0.2, -0.15) is 0 Å². The van der Waals surface area contributed by atoms with Crippen LogP contribution in [0.4, 0.5) is 4.79 Å². The van der Waals surface area contributed by atoms with Crippen LogP contribution in [0.3, 0.4) is 0 Å². The molecule has 0 radical (unpaired) electrons. The van der Waals surface area contributed by atoms with E-state index in [0.717, 1.165) is 5.56 Å². The molecule has 0 fully saturated rings. The van der Waals surface area contributed by atoms with E-state index in [9.17, 15) is 9.59 Å². The van der Waals surface area contributed by atoms with Gasteiger partial charge in [0.25, 0.3) is 0 Å². The maximum atomic E-state index is 11.8. The van der Waals surface area contributed by atoms with Crippen molar-refractivity contribution in [2.45, 2.75) is 25.9 Å². The molecule has 1 atom stereocenters. The van der Waals surface area contributed by atoms with Gasteiger partial charge in [-0.05, 0) is 24.1 Å². The highest BCUT2D eigenvalue weighted by molar-refractivity contribution is 6.30. The molecule has 1 rings (SSSR count). The third kappa shape index (κ3) is 4.79. The third-order valence-electron chi connectivity index (χ3n) is 2.68. The molecule has 0 bridgehead atoms. The van der Waals surface area contributed by atoms with Gasteiger partial charge in [0, 0.05) is 18.6 Å². The minimum atomic E-state index is -1.03. The number of hydrogen-bond acceptors (Lipinski definition) is 2.